The molecule has 1 N–H and O–H groups in total. The Kier molecular flexibility index (Phi) is 5.61. The van der Waals surface area contributed by atoms with Crippen LogP contribution in [-0.4, -0.2) is 42.6 Å². The second kappa shape index (κ2) is 7.89. The van der Waals surface area contributed by atoms with Crippen molar-refractivity contribution < 1.29 is 14.3 Å². The van der Waals surface area contributed by atoms with Gasteiger partial charge in [0.15, 0.2) is 0 Å². The van der Waals surface area contributed by atoms with Crippen LogP contribution in [0.3, 0.4) is 0 Å². The summed E-state index contributed by atoms with van der Waals surface area (Å²) in [4.78, 5) is 26.7. The summed E-state index contributed by atoms with van der Waals surface area (Å²) in [5, 5.41) is 3.27. The van der Waals surface area contributed by atoms with Crippen LogP contribution in [0, 0.1) is 0 Å². The minimum absolute atomic E-state index is 0.138. The Morgan fingerprint density at radius 3 is 2.40 bits per heavy atom. The van der Waals surface area contributed by atoms with Gasteiger partial charge in [0.2, 0.25) is 5.91 Å². The van der Waals surface area contributed by atoms with E-state index in [4.69, 9.17) is 4.74 Å². The Bertz CT molecular complexity index is 588. The lowest BCUT2D eigenvalue weighted by molar-refractivity contribution is -0.127. The molecule has 1 aromatic rings. The van der Waals surface area contributed by atoms with Crippen molar-refractivity contribution in [2.75, 3.05) is 19.7 Å². The number of piperidine rings is 1. The Balaban J connectivity index is 1.61. The topological polar surface area (TPSA) is 58.6 Å². The van der Waals surface area contributed by atoms with E-state index in [9.17, 15) is 9.59 Å². The molecule has 1 aromatic carbocycles. The van der Waals surface area contributed by atoms with Gasteiger partial charge in [0.1, 0.15) is 0 Å². The standard InChI is InChI=1S/C20H28N2O3/c1-2-25-19(24)22-14-10-17(11-15-22)21-18(23)20(12-6-7-13-20)16-8-4-3-5-9-16/h3-5,8-9,17H,2,6-7,10-15H2,1H3,(H,21,23). The highest BCUT2D eigenvalue weighted by Crippen LogP contribution is 2.41. The number of rotatable bonds is 4. The fraction of sp³-hybridized carbons (Fsp3) is 0.600. The third kappa shape index (κ3) is 3.80. The molecule has 3 rings (SSSR count). The molecule has 1 saturated carbocycles. The maximum atomic E-state index is 13.1. The number of nitrogens with zero attached hydrogens (tertiary/aromatic N) is 1. The first-order chi connectivity index (χ1) is 12.2. The van der Waals surface area contributed by atoms with Crippen molar-refractivity contribution in [2.45, 2.75) is 56.9 Å². The molecule has 5 heteroatoms. The second-order valence-electron chi connectivity index (χ2n) is 7.09. The summed E-state index contributed by atoms with van der Waals surface area (Å²) in [7, 11) is 0. The van der Waals surface area contributed by atoms with Crippen molar-refractivity contribution in [1.82, 2.24) is 10.2 Å². The third-order valence-electron chi connectivity index (χ3n) is 5.57. The van der Waals surface area contributed by atoms with Crippen LogP contribution in [0.4, 0.5) is 4.79 Å². The summed E-state index contributed by atoms with van der Waals surface area (Å²) in [6.07, 6.45) is 5.37. The van der Waals surface area contributed by atoms with Crippen LogP contribution >= 0.6 is 0 Å². The van der Waals surface area contributed by atoms with Crippen LogP contribution < -0.4 is 5.32 Å². The van der Waals surface area contributed by atoms with E-state index < -0.39 is 0 Å². The number of amides is 2. The zero-order valence-electron chi connectivity index (χ0n) is 15.0. The minimum Gasteiger partial charge on any atom is -0.450 e. The largest absolute Gasteiger partial charge is 0.450 e. The zero-order chi connectivity index (χ0) is 17.7. The Hall–Kier alpha value is -2.04. The molecule has 0 unspecified atom stereocenters. The lowest BCUT2D eigenvalue weighted by atomic mass is 9.77. The molecular weight excluding hydrogens is 316 g/mol. The molecule has 0 radical (unpaired) electrons. The van der Waals surface area contributed by atoms with E-state index >= 15 is 0 Å². The number of carbonyl (C=O) groups is 2. The summed E-state index contributed by atoms with van der Waals surface area (Å²) in [5.74, 6) is 0.158. The Labute approximate surface area is 149 Å². The molecule has 0 atom stereocenters. The highest BCUT2D eigenvalue weighted by molar-refractivity contribution is 5.88. The van der Waals surface area contributed by atoms with E-state index in [-0.39, 0.29) is 23.5 Å². The van der Waals surface area contributed by atoms with Crippen LogP contribution in [0.5, 0.6) is 0 Å². The highest BCUT2D eigenvalue weighted by atomic mass is 16.6. The molecule has 1 heterocycles. The molecule has 1 saturated heterocycles. The lowest BCUT2D eigenvalue weighted by Crippen LogP contribution is -2.51. The summed E-state index contributed by atoms with van der Waals surface area (Å²) in [6, 6.07) is 10.3. The van der Waals surface area contributed by atoms with E-state index in [1.807, 2.05) is 25.1 Å². The van der Waals surface area contributed by atoms with Gasteiger partial charge in [0, 0.05) is 19.1 Å². The molecule has 1 aliphatic heterocycles. The van der Waals surface area contributed by atoms with Crippen LogP contribution in [0.15, 0.2) is 30.3 Å². The van der Waals surface area contributed by atoms with Gasteiger partial charge in [-0.1, -0.05) is 43.2 Å². The average Bonchev–Trinajstić information content (AvgIpc) is 3.14. The van der Waals surface area contributed by atoms with Crippen LogP contribution in [0.1, 0.15) is 51.0 Å². The SMILES string of the molecule is CCOC(=O)N1CCC(NC(=O)C2(c3ccccc3)CCCC2)CC1. The molecule has 2 amide bonds. The number of hydrogen-bond donors (Lipinski definition) is 1. The van der Waals surface area contributed by atoms with Crippen molar-refractivity contribution in [2.24, 2.45) is 0 Å². The van der Waals surface area contributed by atoms with Crippen molar-refractivity contribution >= 4 is 12.0 Å². The summed E-state index contributed by atoms with van der Waals surface area (Å²) in [5.41, 5.74) is 0.758. The fourth-order valence-electron chi connectivity index (χ4n) is 4.13. The minimum atomic E-state index is -0.375. The smallest absolute Gasteiger partial charge is 0.409 e. The number of nitrogens with one attached hydrogen (secondary N) is 1. The molecule has 2 aliphatic rings. The second-order valence-corrected chi connectivity index (χ2v) is 7.09. The first-order valence-corrected chi connectivity index (χ1v) is 9.44. The van der Waals surface area contributed by atoms with Gasteiger partial charge in [-0.15, -0.1) is 0 Å². The quantitative estimate of drug-likeness (QED) is 0.912. The van der Waals surface area contributed by atoms with Gasteiger partial charge in [-0.05, 0) is 38.2 Å². The highest BCUT2D eigenvalue weighted by Gasteiger charge is 2.43. The number of hydrogen-bond acceptors (Lipinski definition) is 3. The molecule has 0 spiro atoms. The monoisotopic (exact) mass is 344 g/mol. The molecule has 0 aromatic heterocycles. The van der Waals surface area contributed by atoms with E-state index in [1.54, 1.807) is 4.90 Å². The van der Waals surface area contributed by atoms with Crippen molar-refractivity contribution in [3.63, 3.8) is 0 Å². The number of carbonyl (C=O) groups excluding carboxylic acids is 2. The van der Waals surface area contributed by atoms with Gasteiger partial charge in [0.05, 0.1) is 12.0 Å². The molecule has 0 bridgehead atoms. The zero-order valence-corrected chi connectivity index (χ0v) is 15.0. The maximum absolute atomic E-state index is 13.1. The Morgan fingerprint density at radius 2 is 1.80 bits per heavy atom. The van der Waals surface area contributed by atoms with Gasteiger partial charge in [-0.25, -0.2) is 4.79 Å². The van der Waals surface area contributed by atoms with Crippen molar-refractivity contribution in [3.8, 4) is 0 Å². The van der Waals surface area contributed by atoms with Gasteiger partial charge < -0.3 is 15.0 Å². The normalized spacial score (nSPS) is 20.3. The van der Waals surface area contributed by atoms with E-state index in [0.717, 1.165) is 44.1 Å². The van der Waals surface area contributed by atoms with Gasteiger partial charge in [0.25, 0.3) is 0 Å². The summed E-state index contributed by atoms with van der Waals surface area (Å²) < 4.78 is 5.05. The predicted molar refractivity (Wildman–Crippen MR) is 96.3 cm³/mol. The molecule has 1 aliphatic carbocycles. The third-order valence-corrected chi connectivity index (χ3v) is 5.57. The van der Waals surface area contributed by atoms with Gasteiger partial charge in [-0.2, -0.15) is 0 Å². The number of benzene rings is 1. The average molecular weight is 344 g/mol. The molecule has 136 valence electrons. The lowest BCUT2D eigenvalue weighted by Gasteiger charge is -2.35. The number of likely N-dealkylation sites (tertiary alicyclic amines) is 1. The fourth-order valence-corrected chi connectivity index (χ4v) is 4.13. The predicted octanol–water partition coefficient (Wildman–Crippen LogP) is 3.24. The molecule has 5 nitrogen and oxygen atoms in total. The molecule has 2 fully saturated rings. The van der Waals surface area contributed by atoms with Gasteiger partial charge in [-0.3, -0.25) is 4.79 Å². The first kappa shape index (κ1) is 17.8. The molecular formula is C20H28N2O3. The van der Waals surface area contributed by atoms with E-state index in [1.165, 1.54) is 0 Å². The van der Waals surface area contributed by atoms with Crippen LogP contribution in [0.25, 0.3) is 0 Å². The first-order valence-electron chi connectivity index (χ1n) is 9.44. The molecule has 25 heavy (non-hydrogen) atoms. The van der Waals surface area contributed by atoms with Crippen molar-refractivity contribution in [3.05, 3.63) is 35.9 Å². The van der Waals surface area contributed by atoms with Gasteiger partial charge >= 0.3 is 6.09 Å². The van der Waals surface area contributed by atoms with Crippen LogP contribution in [-0.2, 0) is 14.9 Å². The summed E-state index contributed by atoms with van der Waals surface area (Å²) in [6.45, 7) is 3.49. The van der Waals surface area contributed by atoms with Crippen molar-refractivity contribution in [1.29, 1.82) is 0 Å². The number of ether oxygens (including phenoxy) is 1. The summed E-state index contributed by atoms with van der Waals surface area (Å²) >= 11 is 0. The van der Waals surface area contributed by atoms with E-state index in [0.29, 0.717) is 19.7 Å². The van der Waals surface area contributed by atoms with Crippen LogP contribution in [0.2, 0.25) is 0 Å². The maximum Gasteiger partial charge on any atom is 0.409 e. The Morgan fingerprint density at radius 1 is 1.16 bits per heavy atom. The van der Waals surface area contributed by atoms with E-state index in [2.05, 4.69) is 17.4 Å².